The van der Waals surface area contributed by atoms with Crippen LogP contribution in [0.15, 0.2) is 96.8 Å². The molecule has 0 saturated carbocycles. The van der Waals surface area contributed by atoms with Crippen molar-refractivity contribution < 1.29 is 0 Å². The summed E-state index contributed by atoms with van der Waals surface area (Å²) in [5.41, 5.74) is 10.9. The summed E-state index contributed by atoms with van der Waals surface area (Å²) in [6.07, 6.45) is 13.3. The Bertz CT molecular complexity index is 1550. The van der Waals surface area contributed by atoms with Crippen LogP contribution in [0.5, 0.6) is 0 Å². The number of hydrazone groups is 1. The van der Waals surface area contributed by atoms with Crippen LogP contribution in [0.3, 0.4) is 0 Å². The smallest absolute Gasteiger partial charge is 0.0972 e. The fourth-order valence-corrected chi connectivity index (χ4v) is 4.42. The van der Waals surface area contributed by atoms with Gasteiger partial charge in [-0.15, -0.1) is 0 Å². The van der Waals surface area contributed by atoms with Crippen LogP contribution in [0.4, 0.5) is 5.69 Å². The maximum Gasteiger partial charge on any atom is 0.0972 e. The van der Waals surface area contributed by atoms with Crippen LogP contribution in [-0.4, -0.2) is 31.8 Å². The van der Waals surface area contributed by atoms with Gasteiger partial charge in [-0.25, -0.2) is 0 Å². The van der Waals surface area contributed by atoms with E-state index < -0.39 is 0 Å². The molecule has 5 aromatic rings. The summed E-state index contributed by atoms with van der Waals surface area (Å²) in [6.45, 7) is 0.723. The highest BCUT2D eigenvalue weighted by Crippen LogP contribution is 2.33. The van der Waals surface area contributed by atoms with E-state index >= 15 is 0 Å². The number of hydrogen-bond donors (Lipinski definition) is 2. The van der Waals surface area contributed by atoms with Crippen LogP contribution in [0.25, 0.3) is 33.1 Å². The number of nitrogens with one attached hydrogen (secondary N) is 2. The number of pyridine rings is 1. The molecule has 7 nitrogen and oxygen atoms in total. The first-order valence-corrected chi connectivity index (χ1v) is 11.2. The Morgan fingerprint density at radius 2 is 1.97 bits per heavy atom. The summed E-state index contributed by atoms with van der Waals surface area (Å²) in [4.78, 5) is 13.6. The molecule has 1 atom stereocenters. The third-order valence-electron chi connectivity index (χ3n) is 6.10. The quantitative estimate of drug-likeness (QED) is 0.404. The highest BCUT2D eigenvalue weighted by atomic mass is 15.3. The van der Waals surface area contributed by atoms with Gasteiger partial charge >= 0.3 is 0 Å². The van der Waals surface area contributed by atoms with Crippen LogP contribution in [0, 0.1) is 0 Å². The van der Waals surface area contributed by atoms with Crippen LogP contribution in [-0.2, 0) is 7.05 Å². The van der Waals surface area contributed by atoms with Crippen molar-refractivity contribution in [1.82, 2.24) is 24.9 Å². The van der Waals surface area contributed by atoms with Crippen molar-refractivity contribution in [2.24, 2.45) is 12.1 Å². The molecule has 0 bridgehead atoms. The van der Waals surface area contributed by atoms with Crippen molar-refractivity contribution >= 4 is 33.3 Å². The average Bonchev–Trinajstić information content (AvgIpc) is 3.27. The summed E-state index contributed by atoms with van der Waals surface area (Å²) in [7, 11) is 2.06. The molecule has 2 N–H and O–H groups in total. The Morgan fingerprint density at radius 3 is 2.82 bits per heavy atom. The number of rotatable bonds is 5. The van der Waals surface area contributed by atoms with E-state index in [9.17, 15) is 0 Å². The lowest BCUT2D eigenvalue weighted by Gasteiger charge is -2.22. The second kappa shape index (κ2) is 8.44. The van der Waals surface area contributed by atoms with Gasteiger partial charge < -0.3 is 15.3 Å². The number of anilines is 1. The van der Waals surface area contributed by atoms with Gasteiger partial charge in [-0.2, -0.15) is 5.10 Å². The predicted molar refractivity (Wildman–Crippen MR) is 137 cm³/mol. The number of nitrogens with zero attached hydrogens (tertiary/aromatic N) is 5. The zero-order valence-electron chi connectivity index (χ0n) is 18.7. The fraction of sp³-hybridized carbons (Fsp3) is 0.111. The Hall–Kier alpha value is -4.52. The molecule has 0 amide bonds. The fourth-order valence-electron chi connectivity index (χ4n) is 4.42. The zero-order chi connectivity index (χ0) is 22.9. The van der Waals surface area contributed by atoms with E-state index in [1.807, 2.05) is 24.4 Å². The Balaban J connectivity index is 1.48. The van der Waals surface area contributed by atoms with E-state index in [1.54, 1.807) is 18.6 Å². The summed E-state index contributed by atoms with van der Waals surface area (Å²) < 4.78 is 2.13. The zero-order valence-corrected chi connectivity index (χ0v) is 18.7. The number of benzene rings is 2. The summed E-state index contributed by atoms with van der Waals surface area (Å²) in [5, 5.41) is 9.43. The third-order valence-corrected chi connectivity index (χ3v) is 6.10. The van der Waals surface area contributed by atoms with E-state index in [-0.39, 0.29) is 6.04 Å². The molecule has 1 aliphatic heterocycles. The van der Waals surface area contributed by atoms with Crippen molar-refractivity contribution in [1.29, 1.82) is 0 Å². The molecule has 0 fully saturated rings. The second-order valence-electron chi connectivity index (χ2n) is 8.31. The monoisotopic (exact) mass is 445 g/mol. The van der Waals surface area contributed by atoms with Crippen LogP contribution in [0.2, 0.25) is 0 Å². The standard InChI is InChI=1S/C27H23N7/c1-34-13-8-18-6-7-19(14-25(18)34)22-15-21(16-24-27(22)30-12-11-29-24)32-26(20-4-2-9-28-17-20)23-5-3-10-31-33-23/h2-9,11-17,26,31-32H,10H2,1H3/t26-/m0/s1. The lowest BCUT2D eigenvalue weighted by Crippen LogP contribution is -2.25. The molecule has 2 aromatic carbocycles. The number of aryl methyl sites for hydroxylation is 1. The maximum atomic E-state index is 4.66. The van der Waals surface area contributed by atoms with E-state index in [0.717, 1.165) is 45.7 Å². The summed E-state index contributed by atoms with van der Waals surface area (Å²) in [5.74, 6) is 0. The number of fused-ring (bicyclic) bond motifs is 2. The number of aromatic nitrogens is 4. The minimum Gasteiger partial charge on any atom is -0.373 e. The molecule has 7 heteroatoms. The normalized spacial score (nSPS) is 14.1. The molecule has 34 heavy (non-hydrogen) atoms. The summed E-state index contributed by atoms with van der Waals surface area (Å²) >= 11 is 0. The Labute approximate surface area is 196 Å². The van der Waals surface area contributed by atoms with Crippen molar-refractivity contribution in [3.63, 3.8) is 0 Å². The SMILES string of the molecule is Cn1ccc2ccc(-c3cc(N[C@H](C4=NNCC=C4)c4cccnc4)cc4nccnc34)cc21. The molecule has 0 saturated heterocycles. The first-order chi connectivity index (χ1) is 16.8. The molecule has 3 aromatic heterocycles. The van der Waals surface area contributed by atoms with Gasteiger partial charge in [-0.3, -0.25) is 15.0 Å². The minimum absolute atomic E-state index is 0.171. The maximum absolute atomic E-state index is 4.66. The van der Waals surface area contributed by atoms with E-state index in [1.165, 1.54) is 10.9 Å². The third kappa shape index (κ3) is 3.67. The molecule has 0 radical (unpaired) electrons. The van der Waals surface area contributed by atoms with Crippen molar-refractivity contribution in [3.8, 4) is 11.1 Å². The molecule has 0 unspecified atom stereocenters. The van der Waals surface area contributed by atoms with Gasteiger partial charge in [-0.1, -0.05) is 24.3 Å². The first-order valence-electron chi connectivity index (χ1n) is 11.2. The Morgan fingerprint density at radius 1 is 1.03 bits per heavy atom. The van der Waals surface area contributed by atoms with Crippen molar-refractivity contribution in [2.75, 3.05) is 11.9 Å². The molecular formula is C27H23N7. The largest absolute Gasteiger partial charge is 0.373 e. The van der Waals surface area contributed by atoms with Crippen LogP contribution >= 0.6 is 0 Å². The van der Waals surface area contributed by atoms with Gasteiger partial charge in [0.2, 0.25) is 0 Å². The lowest BCUT2D eigenvalue weighted by atomic mass is 9.99. The topological polar surface area (TPSA) is 80.0 Å². The first kappa shape index (κ1) is 20.1. The van der Waals surface area contributed by atoms with Crippen molar-refractivity contribution in [2.45, 2.75) is 6.04 Å². The molecule has 166 valence electrons. The summed E-state index contributed by atoms with van der Waals surface area (Å²) in [6, 6.07) is 16.6. The minimum atomic E-state index is -0.171. The van der Waals surface area contributed by atoms with Gasteiger partial charge in [-0.05, 0) is 52.9 Å². The van der Waals surface area contributed by atoms with E-state index in [4.69, 9.17) is 0 Å². The van der Waals surface area contributed by atoms with E-state index in [0.29, 0.717) is 0 Å². The van der Waals surface area contributed by atoms with Gasteiger partial charge in [0.25, 0.3) is 0 Å². The molecule has 6 rings (SSSR count). The van der Waals surface area contributed by atoms with Crippen LogP contribution < -0.4 is 10.7 Å². The molecule has 1 aliphatic rings. The molecule has 0 spiro atoms. The van der Waals surface area contributed by atoms with Gasteiger partial charge in [0.1, 0.15) is 0 Å². The predicted octanol–water partition coefficient (Wildman–Crippen LogP) is 4.85. The van der Waals surface area contributed by atoms with Gasteiger partial charge in [0, 0.05) is 54.8 Å². The van der Waals surface area contributed by atoms with Crippen molar-refractivity contribution in [3.05, 3.63) is 97.2 Å². The van der Waals surface area contributed by atoms with Gasteiger partial charge in [0.05, 0.1) is 29.3 Å². The molecule has 4 heterocycles. The molecule has 0 aliphatic carbocycles. The average molecular weight is 446 g/mol. The highest BCUT2D eigenvalue weighted by Gasteiger charge is 2.20. The highest BCUT2D eigenvalue weighted by molar-refractivity contribution is 6.03. The number of hydrogen-bond acceptors (Lipinski definition) is 6. The van der Waals surface area contributed by atoms with Crippen LogP contribution in [0.1, 0.15) is 11.6 Å². The molecular weight excluding hydrogens is 422 g/mol. The van der Waals surface area contributed by atoms with E-state index in [2.05, 4.69) is 91.1 Å². The second-order valence-corrected chi connectivity index (χ2v) is 8.31. The van der Waals surface area contributed by atoms with Gasteiger partial charge in [0.15, 0.2) is 0 Å². The Kier molecular flexibility index (Phi) is 4.99. The lowest BCUT2D eigenvalue weighted by molar-refractivity contribution is 0.801.